The van der Waals surface area contributed by atoms with Gasteiger partial charge < -0.3 is 10.4 Å². The fraction of sp³-hybridized carbons (Fsp3) is 0.786. The third kappa shape index (κ3) is 4.50. The Labute approximate surface area is 124 Å². The maximum atomic E-state index is 10.6. The summed E-state index contributed by atoms with van der Waals surface area (Å²) >= 11 is 0. The minimum Gasteiger partial charge on any atom is -0.390 e. The van der Waals surface area contributed by atoms with Crippen LogP contribution in [-0.2, 0) is 6.54 Å². The fourth-order valence-corrected chi connectivity index (χ4v) is 3.08. The van der Waals surface area contributed by atoms with Crippen molar-refractivity contribution >= 4 is 5.69 Å². The molecule has 0 spiro atoms. The van der Waals surface area contributed by atoms with Crippen molar-refractivity contribution in [3.8, 4) is 0 Å². The molecule has 118 valence electrons. The molecule has 0 aliphatic heterocycles. The van der Waals surface area contributed by atoms with E-state index >= 15 is 0 Å². The van der Waals surface area contributed by atoms with E-state index in [0.29, 0.717) is 18.5 Å². The average Bonchev–Trinajstić information content (AvgIpc) is 2.86. The van der Waals surface area contributed by atoms with Crippen LogP contribution in [0.1, 0.15) is 33.1 Å². The summed E-state index contributed by atoms with van der Waals surface area (Å²) in [7, 11) is 0. The highest BCUT2D eigenvalue weighted by Crippen LogP contribution is 2.28. The molecule has 4 atom stereocenters. The topological polar surface area (TPSA) is 93.2 Å². The minimum absolute atomic E-state index is 0.0509. The van der Waals surface area contributed by atoms with Crippen molar-refractivity contribution in [2.24, 2.45) is 11.8 Å². The van der Waals surface area contributed by atoms with E-state index in [2.05, 4.69) is 24.3 Å². The van der Waals surface area contributed by atoms with Gasteiger partial charge in [-0.05, 0) is 31.1 Å². The molecule has 0 aromatic carbocycles. The van der Waals surface area contributed by atoms with E-state index in [1.807, 2.05) is 0 Å². The molecule has 0 radical (unpaired) electrons. The third-order valence-electron chi connectivity index (χ3n) is 4.28. The number of rotatable bonds is 6. The lowest BCUT2D eigenvalue weighted by Gasteiger charge is -2.33. The van der Waals surface area contributed by atoms with Crippen molar-refractivity contribution in [2.45, 2.75) is 51.8 Å². The minimum atomic E-state index is -0.601. The van der Waals surface area contributed by atoms with Gasteiger partial charge in [-0.25, -0.2) is 0 Å². The number of hydrogen-bond donors (Lipinski definition) is 2. The Balaban J connectivity index is 1.76. The van der Waals surface area contributed by atoms with E-state index < -0.39 is 11.0 Å². The lowest BCUT2D eigenvalue weighted by atomic mass is 9.80. The van der Waals surface area contributed by atoms with Crippen LogP contribution in [0.3, 0.4) is 0 Å². The van der Waals surface area contributed by atoms with Crippen LogP contribution in [-0.4, -0.2) is 38.5 Å². The predicted molar refractivity (Wildman–Crippen MR) is 78.9 cm³/mol. The Morgan fingerprint density at radius 1 is 1.57 bits per heavy atom. The largest absolute Gasteiger partial charge is 0.390 e. The first-order valence-corrected chi connectivity index (χ1v) is 7.54. The summed E-state index contributed by atoms with van der Waals surface area (Å²) in [6, 6.07) is 0.447. The average molecular weight is 296 g/mol. The van der Waals surface area contributed by atoms with Crippen LogP contribution < -0.4 is 5.32 Å². The smallest absolute Gasteiger partial charge is 0.306 e. The Morgan fingerprint density at radius 2 is 2.33 bits per heavy atom. The number of nitrogens with one attached hydrogen (secondary N) is 1. The summed E-state index contributed by atoms with van der Waals surface area (Å²) < 4.78 is 1.41. The third-order valence-corrected chi connectivity index (χ3v) is 4.28. The van der Waals surface area contributed by atoms with Gasteiger partial charge in [0.25, 0.3) is 0 Å². The van der Waals surface area contributed by atoms with Crippen molar-refractivity contribution in [3.05, 3.63) is 22.5 Å². The lowest BCUT2D eigenvalue weighted by Crippen LogP contribution is -2.43. The normalized spacial score (nSPS) is 27.5. The zero-order valence-electron chi connectivity index (χ0n) is 12.6. The fourth-order valence-electron chi connectivity index (χ4n) is 3.08. The maximum absolute atomic E-state index is 10.6. The van der Waals surface area contributed by atoms with Gasteiger partial charge in [-0.15, -0.1) is 0 Å². The molecule has 1 heterocycles. The molecule has 1 aliphatic rings. The van der Waals surface area contributed by atoms with Gasteiger partial charge in [-0.3, -0.25) is 14.8 Å². The van der Waals surface area contributed by atoms with Crippen LogP contribution >= 0.6 is 0 Å². The van der Waals surface area contributed by atoms with Crippen molar-refractivity contribution in [1.29, 1.82) is 0 Å². The molecule has 1 aliphatic carbocycles. The van der Waals surface area contributed by atoms with Crippen molar-refractivity contribution in [2.75, 3.05) is 6.54 Å². The lowest BCUT2D eigenvalue weighted by molar-refractivity contribution is -0.385. The van der Waals surface area contributed by atoms with Crippen LogP contribution in [0, 0.1) is 22.0 Å². The summed E-state index contributed by atoms with van der Waals surface area (Å²) in [5, 5.41) is 27.9. The standard InChI is InChI=1S/C14H24N4O3/c1-10-3-4-14(11(2)5-10)15-7-13(19)9-17-8-12(6-16-17)18(20)21/h6,8,10-11,13-15,19H,3-5,7,9H2,1-2H3. The SMILES string of the molecule is CC1CCC(NCC(O)Cn2cc([N+](=O)[O-])cn2)C(C)C1. The number of hydrogen-bond acceptors (Lipinski definition) is 5. The number of aliphatic hydroxyl groups excluding tert-OH is 1. The molecule has 21 heavy (non-hydrogen) atoms. The first-order valence-electron chi connectivity index (χ1n) is 7.54. The molecule has 1 saturated carbocycles. The zero-order valence-corrected chi connectivity index (χ0v) is 12.6. The van der Waals surface area contributed by atoms with Crippen molar-refractivity contribution in [1.82, 2.24) is 15.1 Å². The Hall–Kier alpha value is -1.47. The van der Waals surface area contributed by atoms with Gasteiger partial charge in [-0.2, -0.15) is 5.10 Å². The molecule has 7 nitrogen and oxygen atoms in total. The van der Waals surface area contributed by atoms with E-state index in [1.165, 1.54) is 29.9 Å². The summed E-state index contributed by atoms with van der Waals surface area (Å²) in [6.45, 7) is 5.28. The van der Waals surface area contributed by atoms with Crippen LogP contribution in [0.2, 0.25) is 0 Å². The maximum Gasteiger partial charge on any atom is 0.306 e. The van der Waals surface area contributed by atoms with Crippen LogP contribution in [0.15, 0.2) is 12.4 Å². The highest BCUT2D eigenvalue weighted by molar-refractivity contribution is 5.20. The first kappa shape index (κ1) is 15.9. The molecule has 1 fully saturated rings. The van der Waals surface area contributed by atoms with Gasteiger partial charge in [0.2, 0.25) is 0 Å². The van der Waals surface area contributed by atoms with Gasteiger partial charge in [0.15, 0.2) is 0 Å². The van der Waals surface area contributed by atoms with Gasteiger partial charge >= 0.3 is 5.69 Å². The highest BCUT2D eigenvalue weighted by atomic mass is 16.6. The predicted octanol–water partition coefficient (Wildman–Crippen LogP) is 1.57. The molecule has 4 unspecified atom stereocenters. The van der Waals surface area contributed by atoms with Gasteiger partial charge in [0.05, 0.1) is 17.6 Å². The van der Waals surface area contributed by atoms with Crippen LogP contribution in [0.5, 0.6) is 0 Å². The number of aliphatic hydroxyl groups is 1. The number of nitrogens with zero attached hydrogens (tertiary/aromatic N) is 3. The molecule has 1 aromatic heterocycles. The van der Waals surface area contributed by atoms with Gasteiger partial charge in [-0.1, -0.05) is 13.8 Å². The monoisotopic (exact) mass is 296 g/mol. The highest BCUT2D eigenvalue weighted by Gasteiger charge is 2.25. The second kappa shape index (κ2) is 7.00. The molecule has 2 rings (SSSR count). The van der Waals surface area contributed by atoms with E-state index in [1.54, 1.807) is 0 Å². The molecular weight excluding hydrogens is 272 g/mol. The van der Waals surface area contributed by atoms with Crippen molar-refractivity contribution in [3.63, 3.8) is 0 Å². The van der Waals surface area contributed by atoms with E-state index in [9.17, 15) is 15.2 Å². The molecule has 0 amide bonds. The van der Waals surface area contributed by atoms with E-state index in [4.69, 9.17) is 0 Å². The second-order valence-corrected chi connectivity index (χ2v) is 6.24. The molecule has 1 aromatic rings. The zero-order chi connectivity index (χ0) is 15.4. The molecule has 7 heteroatoms. The van der Waals surface area contributed by atoms with Gasteiger partial charge in [0.1, 0.15) is 12.4 Å². The Morgan fingerprint density at radius 3 is 2.95 bits per heavy atom. The quantitative estimate of drug-likeness (QED) is 0.614. The Bertz CT molecular complexity index is 477. The van der Waals surface area contributed by atoms with Crippen LogP contribution in [0.4, 0.5) is 5.69 Å². The number of nitro groups is 1. The van der Waals surface area contributed by atoms with Crippen molar-refractivity contribution < 1.29 is 10.0 Å². The molecule has 0 bridgehead atoms. The Kier molecular flexibility index (Phi) is 5.30. The summed E-state index contributed by atoms with van der Waals surface area (Å²) in [6.07, 6.45) is 5.53. The summed E-state index contributed by atoms with van der Waals surface area (Å²) in [5.74, 6) is 1.40. The van der Waals surface area contributed by atoms with Gasteiger partial charge in [0, 0.05) is 12.6 Å². The number of aromatic nitrogens is 2. The molecule has 2 N–H and O–H groups in total. The second-order valence-electron chi connectivity index (χ2n) is 6.24. The summed E-state index contributed by atoms with van der Waals surface area (Å²) in [5.41, 5.74) is -0.0509. The van der Waals surface area contributed by atoms with E-state index in [0.717, 1.165) is 12.3 Å². The molecular formula is C14H24N4O3. The first-order chi connectivity index (χ1) is 9.95. The summed E-state index contributed by atoms with van der Waals surface area (Å²) in [4.78, 5) is 10.1. The van der Waals surface area contributed by atoms with Crippen LogP contribution in [0.25, 0.3) is 0 Å². The van der Waals surface area contributed by atoms with E-state index in [-0.39, 0.29) is 12.2 Å². The molecule has 0 saturated heterocycles.